The van der Waals surface area contributed by atoms with Crippen molar-refractivity contribution in [1.82, 2.24) is 5.32 Å². The van der Waals surface area contributed by atoms with Crippen LogP contribution in [0.5, 0.6) is 0 Å². The van der Waals surface area contributed by atoms with Gasteiger partial charge in [-0.15, -0.1) is 11.3 Å². The molecule has 1 heterocycles. The third-order valence-corrected chi connectivity index (χ3v) is 5.58. The molecule has 1 aromatic heterocycles. The Balaban J connectivity index is 1.66. The Bertz CT molecular complexity index is 818. The van der Waals surface area contributed by atoms with Crippen LogP contribution >= 0.6 is 11.3 Å². The molecule has 0 spiro atoms. The zero-order valence-electron chi connectivity index (χ0n) is 12.2. The summed E-state index contributed by atoms with van der Waals surface area (Å²) in [6, 6.07) is 18.4. The van der Waals surface area contributed by atoms with Gasteiger partial charge in [0.15, 0.2) is 0 Å². The third kappa shape index (κ3) is 2.13. The van der Waals surface area contributed by atoms with Crippen LogP contribution < -0.4 is 5.32 Å². The van der Waals surface area contributed by atoms with Crippen LogP contribution in [0.4, 0.5) is 0 Å². The molecule has 22 heavy (non-hydrogen) atoms. The van der Waals surface area contributed by atoms with Crippen LogP contribution in [0.1, 0.15) is 35.2 Å². The van der Waals surface area contributed by atoms with Gasteiger partial charge in [-0.05, 0) is 30.9 Å². The molecule has 0 radical (unpaired) electrons. The second-order valence-electron chi connectivity index (χ2n) is 5.90. The molecule has 1 aliphatic carbocycles. The summed E-state index contributed by atoms with van der Waals surface area (Å²) in [4.78, 5) is 12.8. The Morgan fingerprint density at radius 2 is 1.73 bits per heavy atom. The first-order valence-corrected chi connectivity index (χ1v) is 8.51. The quantitative estimate of drug-likeness (QED) is 0.746. The summed E-state index contributed by atoms with van der Waals surface area (Å²) in [5.41, 5.74) is 1.83. The summed E-state index contributed by atoms with van der Waals surface area (Å²) >= 11 is 1.63. The number of nitrogens with one attached hydrogen (secondary N) is 1. The summed E-state index contributed by atoms with van der Waals surface area (Å²) in [7, 11) is 0. The van der Waals surface area contributed by atoms with Gasteiger partial charge in [-0.25, -0.2) is 0 Å². The van der Waals surface area contributed by atoms with Crippen molar-refractivity contribution in [3.63, 3.8) is 0 Å². The topological polar surface area (TPSA) is 29.1 Å². The predicted molar refractivity (Wildman–Crippen MR) is 91.3 cm³/mol. The van der Waals surface area contributed by atoms with Crippen molar-refractivity contribution >= 4 is 27.3 Å². The molecular formula is C19H17NOS. The first kappa shape index (κ1) is 13.5. The zero-order valence-corrected chi connectivity index (χ0v) is 13.0. The largest absolute Gasteiger partial charge is 0.342 e. The number of rotatable bonds is 3. The van der Waals surface area contributed by atoms with Gasteiger partial charge in [-0.1, -0.05) is 48.5 Å². The Morgan fingerprint density at radius 1 is 1.00 bits per heavy atom. The molecule has 2 nitrogen and oxygen atoms in total. The number of benzene rings is 2. The number of carbonyl (C=O) groups is 1. The molecular weight excluding hydrogens is 290 g/mol. The van der Waals surface area contributed by atoms with Crippen LogP contribution in [0, 0.1) is 0 Å². The van der Waals surface area contributed by atoms with Gasteiger partial charge in [0.2, 0.25) is 0 Å². The van der Waals surface area contributed by atoms with Crippen LogP contribution in [0.15, 0.2) is 60.0 Å². The van der Waals surface area contributed by atoms with Crippen LogP contribution in [0.2, 0.25) is 0 Å². The maximum Gasteiger partial charge on any atom is 0.253 e. The molecule has 0 bridgehead atoms. The van der Waals surface area contributed by atoms with Crippen molar-refractivity contribution in [1.29, 1.82) is 0 Å². The average Bonchev–Trinajstić information content (AvgIpc) is 2.96. The van der Waals surface area contributed by atoms with Gasteiger partial charge in [0.25, 0.3) is 5.91 Å². The fourth-order valence-electron chi connectivity index (χ4n) is 3.21. The molecule has 0 saturated heterocycles. The molecule has 110 valence electrons. The van der Waals surface area contributed by atoms with E-state index >= 15 is 0 Å². The van der Waals surface area contributed by atoms with E-state index in [0.29, 0.717) is 0 Å². The number of carbonyl (C=O) groups excluding carboxylic acids is 1. The minimum atomic E-state index is -0.179. The third-order valence-electron chi connectivity index (χ3n) is 4.61. The predicted octanol–water partition coefficient (Wildman–Crippen LogP) is 4.71. The minimum Gasteiger partial charge on any atom is -0.342 e. The molecule has 3 heteroatoms. The maximum absolute atomic E-state index is 12.8. The van der Waals surface area contributed by atoms with Crippen LogP contribution in [0.3, 0.4) is 0 Å². The van der Waals surface area contributed by atoms with E-state index in [1.165, 1.54) is 12.0 Å². The Kier molecular flexibility index (Phi) is 3.23. The van der Waals surface area contributed by atoms with Gasteiger partial charge >= 0.3 is 0 Å². The van der Waals surface area contributed by atoms with Gasteiger partial charge in [0.05, 0.1) is 11.1 Å². The zero-order chi connectivity index (χ0) is 15.0. The van der Waals surface area contributed by atoms with Crippen LogP contribution in [-0.4, -0.2) is 5.91 Å². The highest BCUT2D eigenvalue weighted by Crippen LogP contribution is 2.41. The van der Waals surface area contributed by atoms with E-state index in [-0.39, 0.29) is 11.4 Å². The Morgan fingerprint density at radius 3 is 2.45 bits per heavy atom. The first-order chi connectivity index (χ1) is 10.8. The molecule has 3 aromatic rings. The molecule has 1 amide bonds. The van der Waals surface area contributed by atoms with E-state index in [2.05, 4.69) is 23.5 Å². The van der Waals surface area contributed by atoms with E-state index in [1.54, 1.807) is 11.3 Å². The van der Waals surface area contributed by atoms with E-state index in [9.17, 15) is 4.79 Å². The van der Waals surface area contributed by atoms with Crippen LogP contribution in [-0.2, 0) is 5.54 Å². The number of amides is 1. The van der Waals surface area contributed by atoms with Crippen molar-refractivity contribution in [2.75, 3.05) is 0 Å². The van der Waals surface area contributed by atoms with Crippen LogP contribution in [0.25, 0.3) is 10.1 Å². The van der Waals surface area contributed by atoms with Gasteiger partial charge in [-0.2, -0.15) is 0 Å². The van der Waals surface area contributed by atoms with Crippen molar-refractivity contribution < 1.29 is 4.79 Å². The monoisotopic (exact) mass is 307 g/mol. The smallest absolute Gasteiger partial charge is 0.253 e. The normalized spacial score (nSPS) is 16.2. The summed E-state index contributed by atoms with van der Waals surface area (Å²) in [6.45, 7) is 0. The average molecular weight is 307 g/mol. The lowest BCUT2D eigenvalue weighted by Crippen LogP contribution is -2.50. The fourth-order valence-corrected chi connectivity index (χ4v) is 4.15. The van der Waals surface area contributed by atoms with Gasteiger partial charge in [0, 0.05) is 15.5 Å². The number of hydrogen-bond acceptors (Lipinski definition) is 2. The molecule has 0 aliphatic heterocycles. The molecule has 1 N–H and O–H groups in total. The summed E-state index contributed by atoms with van der Waals surface area (Å²) in [5, 5.41) is 6.33. The number of thiophene rings is 1. The number of fused-ring (bicyclic) bond motifs is 1. The highest BCUT2D eigenvalue weighted by atomic mass is 32.1. The lowest BCUT2D eigenvalue weighted by atomic mass is 9.71. The van der Waals surface area contributed by atoms with E-state index in [4.69, 9.17) is 0 Å². The van der Waals surface area contributed by atoms with E-state index in [0.717, 1.165) is 28.5 Å². The molecule has 1 aliphatic rings. The lowest BCUT2D eigenvalue weighted by molar-refractivity contribution is 0.0825. The van der Waals surface area contributed by atoms with Gasteiger partial charge < -0.3 is 5.32 Å². The van der Waals surface area contributed by atoms with Crippen molar-refractivity contribution in [3.05, 3.63) is 71.1 Å². The highest BCUT2D eigenvalue weighted by Gasteiger charge is 2.40. The minimum absolute atomic E-state index is 0.0426. The van der Waals surface area contributed by atoms with Crippen molar-refractivity contribution in [3.8, 4) is 0 Å². The lowest BCUT2D eigenvalue weighted by Gasteiger charge is -2.43. The molecule has 1 fully saturated rings. The first-order valence-electron chi connectivity index (χ1n) is 7.63. The fraction of sp³-hybridized carbons (Fsp3) is 0.211. The summed E-state index contributed by atoms with van der Waals surface area (Å²) < 4.78 is 1.16. The van der Waals surface area contributed by atoms with Crippen molar-refractivity contribution in [2.45, 2.75) is 24.8 Å². The SMILES string of the molecule is O=C(NC1(c2ccccc2)CCC1)c1csc2ccccc12. The van der Waals surface area contributed by atoms with E-state index < -0.39 is 0 Å². The summed E-state index contributed by atoms with van der Waals surface area (Å²) in [5.74, 6) is 0.0426. The maximum atomic E-state index is 12.8. The summed E-state index contributed by atoms with van der Waals surface area (Å²) in [6.07, 6.45) is 3.20. The van der Waals surface area contributed by atoms with Crippen molar-refractivity contribution in [2.24, 2.45) is 0 Å². The molecule has 2 aromatic carbocycles. The standard InChI is InChI=1S/C19H17NOS/c21-18(16-13-22-17-10-5-4-9-15(16)17)20-19(11-6-12-19)14-7-2-1-3-8-14/h1-5,7-10,13H,6,11-12H2,(H,20,21). The van der Waals surface area contributed by atoms with E-state index in [1.807, 2.05) is 41.8 Å². The Labute approximate surface area is 133 Å². The highest BCUT2D eigenvalue weighted by molar-refractivity contribution is 7.17. The molecule has 1 saturated carbocycles. The molecule has 0 atom stereocenters. The van der Waals surface area contributed by atoms with Gasteiger partial charge in [-0.3, -0.25) is 4.79 Å². The molecule has 4 rings (SSSR count). The van der Waals surface area contributed by atoms with Gasteiger partial charge in [0.1, 0.15) is 0 Å². The Hall–Kier alpha value is -2.13. The second kappa shape index (κ2) is 5.25. The molecule has 0 unspecified atom stereocenters. The number of hydrogen-bond donors (Lipinski definition) is 1. The second-order valence-corrected chi connectivity index (χ2v) is 6.81.